The lowest BCUT2D eigenvalue weighted by Gasteiger charge is -2.56. The fourth-order valence-electron chi connectivity index (χ4n) is 6.21. The highest BCUT2D eigenvalue weighted by molar-refractivity contribution is 5.82. The molecule has 5 nitrogen and oxygen atoms in total. The van der Waals surface area contributed by atoms with Gasteiger partial charge in [0.15, 0.2) is 0 Å². The number of aryl methyl sites for hydroxylation is 2. The lowest BCUT2D eigenvalue weighted by molar-refractivity contribution is -0.134. The number of hydrogen-bond acceptors (Lipinski definition) is 3. The second-order valence-corrected chi connectivity index (χ2v) is 9.56. The van der Waals surface area contributed by atoms with E-state index in [1.165, 1.54) is 38.5 Å². The lowest BCUT2D eigenvalue weighted by atomic mass is 9.49. The number of nitrogens with one attached hydrogen (secondary N) is 2. The summed E-state index contributed by atoms with van der Waals surface area (Å²) in [5.41, 5.74) is 7.56. The lowest BCUT2D eigenvalue weighted by Crippen LogP contribution is -2.50. The number of benzene rings is 1. The Labute approximate surface area is 167 Å². The minimum absolute atomic E-state index is 0.0502. The third-order valence-corrected chi connectivity index (χ3v) is 6.97. The summed E-state index contributed by atoms with van der Waals surface area (Å²) < 4.78 is 5.71. The maximum atomic E-state index is 12.5. The molecule has 2 N–H and O–H groups in total. The Balaban J connectivity index is 1.19. The first kappa shape index (κ1) is 19.3. The zero-order valence-electron chi connectivity index (χ0n) is 17.1. The van der Waals surface area contributed by atoms with Gasteiger partial charge in [0.05, 0.1) is 13.0 Å². The molecule has 5 heteroatoms. The van der Waals surface area contributed by atoms with Gasteiger partial charge in [-0.05, 0) is 92.7 Å². The summed E-state index contributed by atoms with van der Waals surface area (Å²) in [6, 6.07) is 6.02. The maximum absolute atomic E-state index is 12.5. The molecule has 5 rings (SSSR count). The normalized spacial score (nSPS) is 30.1. The molecule has 1 aromatic rings. The van der Waals surface area contributed by atoms with E-state index in [4.69, 9.17) is 4.74 Å². The first-order valence-corrected chi connectivity index (χ1v) is 10.7. The monoisotopic (exact) mass is 384 g/mol. The minimum Gasteiger partial charge on any atom is -0.493 e. The predicted octanol–water partition coefficient (Wildman–Crippen LogP) is 3.83. The van der Waals surface area contributed by atoms with Gasteiger partial charge in [-0.2, -0.15) is 0 Å². The molecule has 2 amide bonds. The van der Waals surface area contributed by atoms with Crippen molar-refractivity contribution in [3.63, 3.8) is 0 Å². The summed E-state index contributed by atoms with van der Waals surface area (Å²) in [7, 11) is 0. The van der Waals surface area contributed by atoms with E-state index < -0.39 is 0 Å². The van der Waals surface area contributed by atoms with Crippen molar-refractivity contribution in [2.45, 2.75) is 65.2 Å². The van der Waals surface area contributed by atoms with E-state index in [2.05, 4.69) is 10.9 Å². The van der Waals surface area contributed by atoms with Gasteiger partial charge in [0.25, 0.3) is 0 Å². The first-order chi connectivity index (χ1) is 13.4. The Kier molecular flexibility index (Phi) is 5.35. The highest BCUT2D eigenvalue weighted by atomic mass is 16.5. The molecule has 4 aliphatic carbocycles. The summed E-state index contributed by atoms with van der Waals surface area (Å²) in [5.74, 6) is 3.02. The van der Waals surface area contributed by atoms with Gasteiger partial charge in [0.2, 0.25) is 11.8 Å². The highest BCUT2D eigenvalue weighted by Crippen LogP contribution is 2.61. The number of ether oxygens (including phenoxy) is 1. The van der Waals surface area contributed by atoms with Crippen molar-refractivity contribution in [2.75, 3.05) is 6.61 Å². The van der Waals surface area contributed by atoms with E-state index >= 15 is 0 Å². The molecule has 0 unspecified atom stereocenters. The summed E-state index contributed by atoms with van der Waals surface area (Å²) in [6.45, 7) is 4.29. The number of rotatable bonds is 6. The van der Waals surface area contributed by atoms with Crippen LogP contribution in [0.3, 0.4) is 0 Å². The molecule has 0 aliphatic heterocycles. The van der Waals surface area contributed by atoms with Crippen LogP contribution in [-0.4, -0.2) is 18.4 Å². The van der Waals surface area contributed by atoms with Crippen molar-refractivity contribution in [2.24, 2.45) is 23.2 Å². The smallest absolute Gasteiger partial charge is 0.241 e. The van der Waals surface area contributed by atoms with E-state index in [1.54, 1.807) is 0 Å². The first-order valence-electron chi connectivity index (χ1n) is 10.7. The van der Waals surface area contributed by atoms with Crippen molar-refractivity contribution in [3.8, 4) is 5.75 Å². The third kappa shape index (κ3) is 4.34. The Hall–Kier alpha value is -2.04. The average Bonchev–Trinajstić information content (AvgIpc) is 2.61. The SMILES string of the molecule is Cc1ccc(C)c(OCCC(=O)NNC(=O)CC23CC4CC(CC(C4)C2)C3)c1. The second-order valence-electron chi connectivity index (χ2n) is 9.56. The molecule has 0 radical (unpaired) electrons. The Bertz CT molecular complexity index is 723. The van der Waals surface area contributed by atoms with Crippen LogP contribution >= 0.6 is 0 Å². The van der Waals surface area contributed by atoms with Crippen LogP contribution in [0.4, 0.5) is 0 Å². The van der Waals surface area contributed by atoms with Gasteiger partial charge in [0, 0.05) is 6.42 Å². The quantitative estimate of drug-likeness (QED) is 0.733. The maximum Gasteiger partial charge on any atom is 0.241 e. The van der Waals surface area contributed by atoms with Gasteiger partial charge in [-0.25, -0.2) is 0 Å². The van der Waals surface area contributed by atoms with Gasteiger partial charge < -0.3 is 4.74 Å². The van der Waals surface area contributed by atoms with Crippen LogP contribution in [0.5, 0.6) is 5.75 Å². The van der Waals surface area contributed by atoms with Gasteiger partial charge >= 0.3 is 0 Å². The topological polar surface area (TPSA) is 67.4 Å². The molecule has 0 aromatic heterocycles. The average molecular weight is 385 g/mol. The molecule has 4 bridgehead atoms. The molecule has 0 atom stereocenters. The highest BCUT2D eigenvalue weighted by Gasteiger charge is 2.51. The summed E-state index contributed by atoms with van der Waals surface area (Å²) in [6.07, 6.45) is 8.48. The van der Waals surface area contributed by atoms with E-state index in [0.29, 0.717) is 13.0 Å². The van der Waals surface area contributed by atoms with E-state index in [9.17, 15) is 9.59 Å². The van der Waals surface area contributed by atoms with Crippen LogP contribution in [-0.2, 0) is 9.59 Å². The van der Waals surface area contributed by atoms with Gasteiger partial charge in [-0.3, -0.25) is 20.4 Å². The van der Waals surface area contributed by atoms with Crippen molar-refractivity contribution in [1.82, 2.24) is 10.9 Å². The number of carbonyl (C=O) groups is 2. The molecule has 1 aromatic carbocycles. The Morgan fingerprint density at radius 3 is 2.25 bits per heavy atom. The van der Waals surface area contributed by atoms with Crippen LogP contribution < -0.4 is 15.6 Å². The van der Waals surface area contributed by atoms with Crippen LogP contribution in [0, 0.1) is 37.0 Å². The van der Waals surface area contributed by atoms with Gasteiger partial charge in [0.1, 0.15) is 5.75 Å². The minimum atomic E-state index is -0.218. The molecule has 0 spiro atoms. The molecule has 28 heavy (non-hydrogen) atoms. The molecular formula is C23H32N2O3. The van der Waals surface area contributed by atoms with Crippen LogP contribution in [0.15, 0.2) is 18.2 Å². The van der Waals surface area contributed by atoms with Crippen molar-refractivity contribution >= 4 is 11.8 Å². The summed E-state index contributed by atoms with van der Waals surface area (Å²) >= 11 is 0. The fourth-order valence-corrected chi connectivity index (χ4v) is 6.21. The fraction of sp³-hybridized carbons (Fsp3) is 0.652. The number of hydrazine groups is 1. The standard InChI is InChI=1S/C23H32N2O3/c1-15-3-4-16(2)20(7-15)28-6-5-21(26)24-25-22(27)14-23-11-17-8-18(12-23)10-19(9-17)13-23/h3-4,7,17-19H,5-6,8-14H2,1-2H3,(H,24,26)(H,25,27). The predicted molar refractivity (Wildman–Crippen MR) is 108 cm³/mol. The molecule has 0 saturated heterocycles. The van der Waals surface area contributed by atoms with E-state index in [1.807, 2.05) is 32.0 Å². The van der Waals surface area contributed by atoms with E-state index in [-0.39, 0.29) is 23.7 Å². The van der Waals surface area contributed by atoms with Crippen LogP contribution in [0.25, 0.3) is 0 Å². The van der Waals surface area contributed by atoms with Gasteiger partial charge in [-0.15, -0.1) is 0 Å². The zero-order chi connectivity index (χ0) is 19.7. The van der Waals surface area contributed by atoms with Gasteiger partial charge in [-0.1, -0.05) is 12.1 Å². The third-order valence-electron chi connectivity index (χ3n) is 6.97. The second kappa shape index (κ2) is 7.76. The molecule has 0 heterocycles. The van der Waals surface area contributed by atoms with Crippen molar-refractivity contribution < 1.29 is 14.3 Å². The molecular weight excluding hydrogens is 352 g/mol. The summed E-state index contributed by atoms with van der Waals surface area (Å²) in [5, 5.41) is 0. The zero-order valence-corrected chi connectivity index (χ0v) is 17.1. The largest absolute Gasteiger partial charge is 0.493 e. The molecule has 4 saturated carbocycles. The van der Waals surface area contributed by atoms with Crippen LogP contribution in [0.2, 0.25) is 0 Å². The Morgan fingerprint density at radius 1 is 1.00 bits per heavy atom. The summed E-state index contributed by atoms with van der Waals surface area (Å²) in [4.78, 5) is 24.5. The van der Waals surface area contributed by atoms with Crippen molar-refractivity contribution in [3.05, 3.63) is 29.3 Å². The number of carbonyl (C=O) groups excluding carboxylic acids is 2. The van der Waals surface area contributed by atoms with E-state index in [0.717, 1.165) is 34.6 Å². The molecule has 4 aliphatic rings. The Morgan fingerprint density at radius 2 is 1.61 bits per heavy atom. The van der Waals surface area contributed by atoms with Crippen LogP contribution in [0.1, 0.15) is 62.5 Å². The number of amides is 2. The molecule has 4 fully saturated rings. The molecule has 152 valence electrons. The van der Waals surface area contributed by atoms with Crippen molar-refractivity contribution in [1.29, 1.82) is 0 Å². The number of hydrogen-bond donors (Lipinski definition) is 2.